The van der Waals surface area contributed by atoms with Crippen molar-refractivity contribution in [2.24, 2.45) is 11.8 Å². The molecule has 0 aliphatic carbocycles. The number of hydrogen-bond donors (Lipinski definition) is 3. The molecule has 5 nitrogen and oxygen atoms in total. The summed E-state index contributed by atoms with van der Waals surface area (Å²) in [6.45, 7) is 8.71. The van der Waals surface area contributed by atoms with E-state index in [1.807, 2.05) is 25.1 Å². The Morgan fingerprint density at radius 1 is 1.28 bits per heavy atom. The van der Waals surface area contributed by atoms with E-state index in [-0.39, 0.29) is 11.8 Å². The molecule has 1 aromatic rings. The highest BCUT2D eigenvalue weighted by molar-refractivity contribution is 5.98. The van der Waals surface area contributed by atoms with Gasteiger partial charge in [-0.3, -0.25) is 9.59 Å². The lowest BCUT2D eigenvalue weighted by Crippen LogP contribution is -2.49. The van der Waals surface area contributed by atoms with Crippen molar-refractivity contribution >= 4 is 11.8 Å². The highest BCUT2D eigenvalue weighted by atomic mass is 16.2. The summed E-state index contributed by atoms with van der Waals surface area (Å²) >= 11 is 0. The van der Waals surface area contributed by atoms with E-state index >= 15 is 0 Å². The standard InChI is InChI=1S/C20H31N3O2/c1-14(2)11-18(20(25)22-13-16-8-6-10-21-12-16)23-19(24)17-9-5-4-7-15(17)3/h4-5,7,9,14,16,18,21H,6,8,10-13H2,1-3H3,(H,22,25)(H,23,24). The lowest BCUT2D eigenvalue weighted by atomic mass is 9.98. The van der Waals surface area contributed by atoms with Crippen molar-refractivity contribution < 1.29 is 9.59 Å². The van der Waals surface area contributed by atoms with Gasteiger partial charge in [0, 0.05) is 12.1 Å². The summed E-state index contributed by atoms with van der Waals surface area (Å²) in [7, 11) is 0. The maximum atomic E-state index is 12.6. The minimum Gasteiger partial charge on any atom is -0.354 e. The first-order valence-electron chi connectivity index (χ1n) is 9.32. The van der Waals surface area contributed by atoms with Crippen molar-refractivity contribution in [1.29, 1.82) is 0 Å². The third-order valence-electron chi connectivity index (χ3n) is 4.68. The molecule has 1 heterocycles. The molecule has 2 unspecified atom stereocenters. The Balaban J connectivity index is 1.95. The Kier molecular flexibility index (Phi) is 7.44. The molecule has 2 atom stereocenters. The van der Waals surface area contributed by atoms with E-state index < -0.39 is 6.04 Å². The van der Waals surface area contributed by atoms with Gasteiger partial charge in [0.25, 0.3) is 5.91 Å². The largest absolute Gasteiger partial charge is 0.354 e. The van der Waals surface area contributed by atoms with E-state index in [0.717, 1.165) is 31.5 Å². The minimum atomic E-state index is -0.497. The van der Waals surface area contributed by atoms with E-state index in [2.05, 4.69) is 29.8 Å². The zero-order valence-corrected chi connectivity index (χ0v) is 15.6. The highest BCUT2D eigenvalue weighted by Crippen LogP contribution is 2.11. The number of carbonyl (C=O) groups is 2. The van der Waals surface area contributed by atoms with Gasteiger partial charge < -0.3 is 16.0 Å². The number of rotatable bonds is 7. The zero-order chi connectivity index (χ0) is 18.2. The lowest BCUT2D eigenvalue weighted by Gasteiger charge is -2.25. The molecule has 25 heavy (non-hydrogen) atoms. The van der Waals surface area contributed by atoms with Crippen LogP contribution in [0.2, 0.25) is 0 Å². The molecule has 0 bridgehead atoms. The third kappa shape index (κ3) is 6.16. The number of amides is 2. The summed E-state index contributed by atoms with van der Waals surface area (Å²) in [4.78, 5) is 25.2. The van der Waals surface area contributed by atoms with Crippen LogP contribution < -0.4 is 16.0 Å². The van der Waals surface area contributed by atoms with Crippen molar-refractivity contribution in [2.45, 2.75) is 46.1 Å². The number of nitrogens with one attached hydrogen (secondary N) is 3. The van der Waals surface area contributed by atoms with Gasteiger partial charge in [0.15, 0.2) is 0 Å². The molecule has 1 saturated heterocycles. The van der Waals surface area contributed by atoms with Crippen LogP contribution in [0, 0.1) is 18.8 Å². The van der Waals surface area contributed by atoms with Crippen molar-refractivity contribution in [3.8, 4) is 0 Å². The fraction of sp³-hybridized carbons (Fsp3) is 0.600. The number of aryl methyl sites for hydroxylation is 1. The van der Waals surface area contributed by atoms with Gasteiger partial charge in [-0.15, -0.1) is 0 Å². The predicted molar refractivity (Wildman–Crippen MR) is 100 cm³/mol. The van der Waals surface area contributed by atoms with E-state index in [9.17, 15) is 9.59 Å². The van der Waals surface area contributed by atoms with Crippen LogP contribution in [0.3, 0.4) is 0 Å². The summed E-state index contributed by atoms with van der Waals surface area (Å²) < 4.78 is 0. The molecular weight excluding hydrogens is 314 g/mol. The molecular formula is C20H31N3O2. The van der Waals surface area contributed by atoms with Gasteiger partial charge in [0.1, 0.15) is 6.04 Å². The van der Waals surface area contributed by atoms with Gasteiger partial charge in [0.05, 0.1) is 0 Å². The SMILES string of the molecule is Cc1ccccc1C(=O)NC(CC(C)C)C(=O)NCC1CCCNC1. The van der Waals surface area contributed by atoms with Crippen LogP contribution in [0.15, 0.2) is 24.3 Å². The van der Waals surface area contributed by atoms with Crippen LogP contribution >= 0.6 is 0 Å². The van der Waals surface area contributed by atoms with Crippen LogP contribution in [0.1, 0.15) is 49.0 Å². The van der Waals surface area contributed by atoms with Crippen LogP contribution in [0.25, 0.3) is 0 Å². The van der Waals surface area contributed by atoms with Gasteiger partial charge >= 0.3 is 0 Å². The van der Waals surface area contributed by atoms with Gasteiger partial charge in [-0.05, 0) is 62.7 Å². The summed E-state index contributed by atoms with van der Waals surface area (Å²) in [5.41, 5.74) is 1.54. The second-order valence-corrected chi connectivity index (χ2v) is 7.43. The Morgan fingerprint density at radius 2 is 2.04 bits per heavy atom. The number of benzene rings is 1. The quantitative estimate of drug-likeness (QED) is 0.710. The smallest absolute Gasteiger partial charge is 0.252 e. The summed E-state index contributed by atoms with van der Waals surface area (Å²) in [6.07, 6.45) is 2.92. The minimum absolute atomic E-state index is 0.0822. The molecule has 0 aromatic heterocycles. The normalized spacial score (nSPS) is 18.6. The molecule has 1 aromatic carbocycles. The molecule has 1 aliphatic rings. The maximum Gasteiger partial charge on any atom is 0.252 e. The molecule has 0 saturated carbocycles. The molecule has 3 N–H and O–H groups in total. The summed E-state index contributed by atoms with van der Waals surface area (Å²) in [5.74, 6) is 0.535. The topological polar surface area (TPSA) is 70.2 Å². The van der Waals surface area contributed by atoms with Gasteiger partial charge in [0.2, 0.25) is 5.91 Å². The van der Waals surface area contributed by atoms with Crippen LogP contribution in [0.5, 0.6) is 0 Å². The molecule has 2 amide bonds. The number of carbonyl (C=O) groups excluding carboxylic acids is 2. The Hall–Kier alpha value is -1.88. The lowest BCUT2D eigenvalue weighted by molar-refractivity contribution is -0.123. The average molecular weight is 345 g/mol. The zero-order valence-electron chi connectivity index (χ0n) is 15.6. The second-order valence-electron chi connectivity index (χ2n) is 7.43. The van der Waals surface area contributed by atoms with Crippen molar-refractivity contribution in [2.75, 3.05) is 19.6 Å². The Bertz CT molecular complexity index is 580. The average Bonchev–Trinajstić information content (AvgIpc) is 2.60. The maximum absolute atomic E-state index is 12.6. The molecule has 1 fully saturated rings. The Labute approximate surface area is 151 Å². The first-order valence-corrected chi connectivity index (χ1v) is 9.32. The van der Waals surface area contributed by atoms with E-state index in [1.54, 1.807) is 6.07 Å². The molecule has 1 aliphatic heterocycles. The van der Waals surface area contributed by atoms with Crippen LogP contribution in [-0.2, 0) is 4.79 Å². The van der Waals surface area contributed by atoms with E-state index in [4.69, 9.17) is 0 Å². The van der Waals surface area contributed by atoms with Gasteiger partial charge in [-0.1, -0.05) is 32.0 Å². The van der Waals surface area contributed by atoms with Gasteiger partial charge in [-0.25, -0.2) is 0 Å². The van der Waals surface area contributed by atoms with Crippen molar-refractivity contribution in [3.05, 3.63) is 35.4 Å². The monoisotopic (exact) mass is 345 g/mol. The molecule has 0 spiro atoms. The highest BCUT2D eigenvalue weighted by Gasteiger charge is 2.24. The molecule has 5 heteroatoms. The first-order chi connectivity index (χ1) is 12.0. The first kappa shape index (κ1) is 19.4. The van der Waals surface area contributed by atoms with Crippen molar-refractivity contribution in [3.63, 3.8) is 0 Å². The third-order valence-corrected chi connectivity index (χ3v) is 4.68. The number of piperidine rings is 1. The molecule has 0 radical (unpaired) electrons. The Morgan fingerprint density at radius 3 is 2.68 bits per heavy atom. The van der Waals surface area contributed by atoms with E-state index in [1.165, 1.54) is 0 Å². The second kappa shape index (κ2) is 9.56. The fourth-order valence-electron chi connectivity index (χ4n) is 3.23. The van der Waals surface area contributed by atoms with E-state index in [0.29, 0.717) is 30.4 Å². The fourth-order valence-corrected chi connectivity index (χ4v) is 3.23. The number of hydrogen-bond acceptors (Lipinski definition) is 3. The summed E-state index contributed by atoms with van der Waals surface area (Å²) in [6, 6.07) is 6.95. The van der Waals surface area contributed by atoms with Crippen molar-refractivity contribution in [1.82, 2.24) is 16.0 Å². The predicted octanol–water partition coefficient (Wildman–Crippen LogP) is 2.26. The molecule has 2 rings (SSSR count). The van der Waals surface area contributed by atoms with Crippen LogP contribution in [0.4, 0.5) is 0 Å². The van der Waals surface area contributed by atoms with Gasteiger partial charge in [-0.2, -0.15) is 0 Å². The van der Waals surface area contributed by atoms with Crippen LogP contribution in [-0.4, -0.2) is 37.5 Å². The summed E-state index contributed by atoms with van der Waals surface area (Å²) in [5, 5.41) is 9.32. The molecule has 138 valence electrons.